The highest BCUT2D eigenvalue weighted by Crippen LogP contribution is 2.22. The number of hydrogen-bond donors (Lipinski definition) is 0. The average molecular weight is 325 g/mol. The number of halogens is 1. The molecule has 3 rings (SSSR count). The summed E-state index contributed by atoms with van der Waals surface area (Å²) in [5.74, 6) is -2.08. The van der Waals surface area contributed by atoms with Crippen LogP contribution in [0.1, 0.15) is 26.3 Å². The van der Waals surface area contributed by atoms with Gasteiger partial charge in [-0.1, -0.05) is 24.3 Å². The summed E-state index contributed by atoms with van der Waals surface area (Å²) in [4.78, 5) is 36.7. The quantitative estimate of drug-likeness (QED) is 0.492. The summed E-state index contributed by atoms with van der Waals surface area (Å²) in [5.41, 5.74) is 1.20. The van der Waals surface area contributed by atoms with Gasteiger partial charge in [-0.3, -0.25) is 9.59 Å². The molecule has 0 spiro atoms. The summed E-state index contributed by atoms with van der Waals surface area (Å²) in [5, 5.41) is 0. The van der Waals surface area contributed by atoms with E-state index in [1.807, 2.05) is 0 Å². The second-order valence-electron chi connectivity index (χ2n) is 5.06. The zero-order chi connectivity index (χ0) is 17.1. The van der Waals surface area contributed by atoms with Crippen molar-refractivity contribution < 1.29 is 23.5 Å². The lowest BCUT2D eigenvalue weighted by molar-refractivity contribution is -0.140. The van der Waals surface area contributed by atoms with Crippen molar-refractivity contribution in [3.63, 3.8) is 0 Å². The summed E-state index contributed by atoms with van der Waals surface area (Å²) in [7, 11) is 0. The van der Waals surface area contributed by atoms with Crippen LogP contribution in [-0.2, 0) is 9.53 Å². The van der Waals surface area contributed by atoms with E-state index in [1.165, 1.54) is 30.3 Å². The first-order chi connectivity index (χ1) is 11.6. The van der Waals surface area contributed by atoms with Crippen molar-refractivity contribution >= 4 is 23.9 Å². The standard InChI is InChI=1S/C18H12FNO4/c19-13-8-5-12(6-9-13)7-10-16(21)24-11-20-17(22)14-3-1-2-4-15(14)18(20)23/h1-10H,11H2/b10-7+. The maximum atomic E-state index is 12.8. The Kier molecular flexibility index (Phi) is 4.20. The van der Waals surface area contributed by atoms with Crippen molar-refractivity contribution in [2.45, 2.75) is 0 Å². The molecule has 1 aliphatic rings. The number of benzene rings is 2. The van der Waals surface area contributed by atoms with Crippen LogP contribution in [0, 0.1) is 5.82 Å². The van der Waals surface area contributed by atoms with Crippen LogP contribution in [0.25, 0.3) is 6.08 Å². The minimum Gasteiger partial charge on any atom is -0.441 e. The van der Waals surface area contributed by atoms with Gasteiger partial charge in [0.2, 0.25) is 0 Å². The lowest BCUT2D eigenvalue weighted by Gasteiger charge is -2.12. The number of imide groups is 1. The van der Waals surface area contributed by atoms with Crippen molar-refractivity contribution in [2.24, 2.45) is 0 Å². The van der Waals surface area contributed by atoms with Crippen LogP contribution in [0.5, 0.6) is 0 Å². The molecular weight excluding hydrogens is 313 g/mol. The van der Waals surface area contributed by atoms with E-state index in [4.69, 9.17) is 4.74 Å². The largest absolute Gasteiger partial charge is 0.441 e. The fraction of sp³-hybridized carbons (Fsp3) is 0.0556. The number of ether oxygens (including phenoxy) is 1. The number of carbonyl (C=O) groups excluding carboxylic acids is 3. The topological polar surface area (TPSA) is 63.7 Å². The molecule has 2 aromatic carbocycles. The monoisotopic (exact) mass is 325 g/mol. The Labute approximate surface area is 137 Å². The SMILES string of the molecule is O=C(/C=C/c1ccc(F)cc1)OCN1C(=O)c2ccccc2C1=O. The number of hydrogen-bond acceptors (Lipinski definition) is 4. The van der Waals surface area contributed by atoms with E-state index in [1.54, 1.807) is 24.3 Å². The lowest BCUT2D eigenvalue weighted by atomic mass is 10.1. The molecule has 5 nitrogen and oxygen atoms in total. The summed E-state index contributed by atoms with van der Waals surface area (Å²) in [6.45, 7) is -0.459. The number of rotatable bonds is 4. The van der Waals surface area contributed by atoms with E-state index in [0.717, 1.165) is 11.0 Å². The van der Waals surface area contributed by atoms with Crippen molar-refractivity contribution in [2.75, 3.05) is 6.73 Å². The van der Waals surface area contributed by atoms with E-state index in [-0.39, 0.29) is 5.82 Å². The lowest BCUT2D eigenvalue weighted by Crippen LogP contribution is -2.32. The second-order valence-corrected chi connectivity index (χ2v) is 5.06. The molecule has 0 fully saturated rings. The highest BCUT2D eigenvalue weighted by atomic mass is 19.1. The van der Waals surface area contributed by atoms with Gasteiger partial charge >= 0.3 is 5.97 Å². The van der Waals surface area contributed by atoms with Gasteiger partial charge in [0.1, 0.15) is 5.82 Å². The molecule has 0 saturated heterocycles. The third kappa shape index (κ3) is 3.08. The Morgan fingerprint density at radius 1 is 1.00 bits per heavy atom. The molecule has 0 aliphatic carbocycles. The summed E-state index contributed by atoms with van der Waals surface area (Å²) in [6, 6.07) is 12.0. The maximum absolute atomic E-state index is 12.8. The first kappa shape index (κ1) is 15.6. The number of amides is 2. The second kappa shape index (κ2) is 6.45. The van der Waals surface area contributed by atoms with Crippen LogP contribution >= 0.6 is 0 Å². The molecule has 0 radical (unpaired) electrons. The predicted octanol–water partition coefficient (Wildman–Crippen LogP) is 2.64. The molecule has 2 aromatic rings. The normalized spacial score (nSPS) is 13.5. The zero-order valence-corrected chi connectivity index (χ0v) is 12.4. The van der Waals surface area contributed by atoms with Gasteiger partial charge in [0.15, 0.2) is 6.73 Å². The highest BCUT2D eigenvalue weighted by Gasteiger charge is 2.35. The number of carbonyl (C=O) groups is 3. The maximum Gasteiger partial charge on any atom is 0.332 e. The first-order valence-corrected chi connectivity index (χ1v) is 7.12. The Balaban J connectivity index is 1.60. The van der Waals surface area contributed by atoms with Gasteiger partial charge in [-0.2, -0.15) is 0 Å². The Bertz CT molecular complexity index is 807. The van der Waals surface area contributed by atoms with E-state index in [2.05, 4.69) is 0 Å². The van der Waals surface area contributed by atoms with Crippen molar-refractivity contribution in [1.82, 2.24) is 4.90 Å². The van der Waals surface area contributed by atoms with Crippen LogP contribution in [-0.4, -0.2) is 29.4 Å². The fourth-order valence-electron chi connectivity index (χ4n) is 2.27. The Hall–Kier alpha value is -3.28. The fourth-order valence-corrected chi connectivity index (χ4v) is 2.27. The van der Waals surface area contributed by atoms with E-state index >= 15 is 0 Å². The molecule has 0 bridgehead atoms. The zero-order valence-electron chi connectivity index (χ0n) is 12.4. The minimum absolute atomic E-state index is 0.292. The third-order valence-corrected chi connectivity index (χ3v) is 3.50. The van der Waals surface area contributed by atoms with E-state index in [0.29, 0.717) is 16.7 Å². The Morgan fingerprint density at radius 2 is 1.58 bits per heavy atom. The number of nitrogens with zero attached hydrogens (tertiary/aromatic N) is 1. The third-order valence-electron chi connectivity index (χ3n) is 3.50. The highest BCUT2D eigenvalue weighted by molar-refractivity contribution is 6.21. The van der Waals surface area contributed by atoms with Crippen LogP contribution in [0.3, 0.4) is 0 Å². The summed E-state index contributed by atoms with van der Waals surface area (Å²) < 4.78 is 17.7. The van der Waals surface area contributed by atoms with Gasteiger partial charge in [0.05, 0.1) is 11.1 Å². The van der Waals surface area contributed by atoms with Crippen LogP contribution in [0.4, 0.5) is 4.39 Å². The van der Waals surface area contributed by atoms with Gasteiger partial charge in [0.25, 0.3) is 11.8 Å². The van der Waals surface area contributed by atoms with Crippen molar-refractivity contribution in [3.05, 3.63) is 77.1 Å². The predicted molar refractivity (Wildman–Crippen MR) is 83.3 cm³/mol. The molecule has 6 heteroatoms. The van der Waals surface area contributed by atoms with Crippen molar-refractivity contribution in [1.29, 1.82) is 0 Å². The van der Waals surface area contributed by atoms with Crippen molar-refractivity contribution in [3.8, 4) is 0 Å². The molecule has 0 unspecified atom stereocenters. The molecular formula is C18H12FNO4. The molecule has 0 N–H and O–H groups in total. The van der Waals surface area contributed by atoms with Gasteiger partial charge < -0.3 is 4.74 Å². The van der Waals surface area contributed by atoms with Gasteiger partial charge in [-0.05, 0) is 35.9 Å². The van der Waals surface area contributed by atoms with E-state index in [9.17, 15) is 18.8 Å². The van der Waals surface area contributed by atoms with Gasteiger partial charge in [0, 0.05) is 6.08 Å². The van der Waals surface area contributed by atoms with E-state index < -0.39 is 24.5 Å². The summed E-state index contributed by atoms with van der Waals surface area (Å²) >= 11 is 0. The first-order valence-electron chi connectivity index (χ1n) is 7.12. The molecule has 120 valence electrons. The summed E-state index contributed by atoms with van der Waals surface area (Å²) in [6.07, 6.45) is 2.59. The average Bonchev–Trinajstić information content (AvgIpc) is 2.84. The molecule has 1 heterocycles. The van der Waals surface area contributed by atoms with Crippen LogP contribution < -0.4 is 0 Å². The molecule has 0 aromatic heterocycles. The molecule has 0 saturated carbocycles. The smallest absolute Gasteiger partial charge is 0.332 e. The number of fused-ring (bicyclic) bond motifs is 1. The molecule has 1 aliphatic heterocycles. The Morgan fingerprint density at radius 3 is 2.17 bits per heavy atom. The number of esters is 1. The molecule has 2 amide bonds. The van der Waals surface area contributed by atoms with Crippen LogP contribution in [0.2, 0.25) is 0 Å². The van der Waals surface area contributed by atoms with Gasteiger partial charge in [-0.25, -0.2) is 14.1 Å². The molecule has 24 heavy (non-hydrogen) atoms. The van der Waals surface area contributed by atoms with Gasteiger partial charge in [-0.15, -0.1) is 0 Å². The minimum atomic E-state index is -0.712. The molecule has 0 atom stereocenters. The van der Waals surface area contributed by atoms with Crippen LogP contribution in [0.15, 0.2) is 54.6 Å².